The molecule has 0 fully saturated rings. The number of nitrogens with one attached hydrogen (secondary N) is 1. The highest BCUT2D eigenvalue weighted by Gasteiger charge is 2.37. The van der Waals surface area contributed by atoms with Gasteiger partial charge < -0.3 is 5.32 Å². The van der Waals surface area contributed by atoms with Crippen molar-refractivity contribution in [3.63, 3.8) is 0 Å². The van der Waals surface area contributed by atoms with Crippen molar-refractivity contribution in [1.29, 1.82) is 0 Å². The van der Waals surface area contributed by atoms with Crippen molar-refractivity contribution in [2.24, 2.45) is 0 Å². The first kappa shape index (κ1) is 20.4. The molecule has 2 heteroatoms. The van der Waals surface area contributed by atoms with Crippen molar-refractivity contribution >= 4 is 11.4 Å². The maximum Gasteiger partial charge on any atom is 0.0708 e. The molecule has 0 radical (unpaired) electrons. The summed E-state index contributed by atoms with van der Waals surface area (Å²) >= 11 is 0. The second kappa shape index (κ2) is 8.00. The van der Waals surface area contributed by atoms with Crippen molar-refractivity contribution in [2.45, 2.75) is 19.3 Å². The molecule has 0 bridgehead atoms. The third-order valence-corrected chi connectivity index (χ3v) is 6.93. The molecule has 164 valence electrons. The van der Waals surface area contributed by atoms with Gasteiger partial charge in [0, 0.05) is 34.1 Å². The number of hydrogen-bond donors (Lipinski definition) is 1. The van der Waals surface area contributed by atoms with E-state index in [0.717, 1.165) is 17.1 Å². The molecule has 1 aromatic heterocycles. The summed E-state index contributed by atoms with van der Waals surface area (Å²) in [6, 6.07) is 38.5. The lowest BCUT2D eigenvalue weighted by Crippen LogP contribution is -2.15. The molecule has 34 heavy (non-hydrogen) atoms. The van der Waals surface area contributed by atoms with Gasteiger partial charge in [-0.25, -0.2) is 0 Å². The minimum atomic E-state index is -0.0912. The Morgan fingerprint density at radius 1 is 0.618 bits per heavy atom. The van der Waals surface area contributed by atoms with Gasteiger partial charge in [-0.05, 0) is 58.1 Å². The molecule has 6 rings (SSSR count). The molecule has 0 saturated heterocycles. The Morgan fingerprint density at radius 2 is 1.38 bits per heavy atom. The normalized spacial score (nSPS) is 13.2. The number of fused-ring (bicyclic) bond motifs is 3. The van der Waals surface area contributed by atoms with Crippen LogP contribution in [0.1, 0.15) is 25.0 Å². The molecule has 5 aromatic rings. The molecule has 0 unspecified atom stereocenters. The zero-order valence-electron chi connectivity index (χ0n) is 19.4. The molecule has 0 atom stereocenters. The maximum atomic E-state index is 4.65. The van der Waals surface area contributed by atoms with Gasteiger partial charge >= 0.3 is 0 Å². The summed E-state index contributed by atoms with van der Waals surface area (Å²) in [5, 5.41) is 3.70. The van der Waals surface area contributed by atoms with Gasteiger partial charge in [0.2, 0.25) is 0 Å². The molecule has 2 nitrogen and oxygen atoms in total. The standard InChI is InChI=1S/C32H26N2/c1-32(2)27-15-10-14-26(29-16-8-9-20-33-29)31(27)25-19-18-23(21-28(25)32)34-30-17-7-6-13-24(30)22-11-4-3-5-12-22/h3-21,34H,1-2H3. The molecule has 1 aliphatic rings. The van der Waals surface area contributed by atoms with Crippen molar-refractivity contribution in [2.75, 3.05) is 5.32 Å². The van der Waals surface area contributed by atoms with Crippen LogP contribution in [0.4, 0.5) is 11.4 Å². The monoisotopic (exact) mass is 438 g/mol. The molecule has 0 saturated carbocycles. The van der Waals surface area contributed by atoms with E-state index in [1.54, 1.807) is 0 Å². The van der Waals surface area contributed by atoms with Crippen LogP contribution < -0.4 is 5.32 Å². The van der Waals surface area contributed by atoms with E-state index in [-0.39, 0.29) is 5.41 Å². The molecule has 1 aliphatic carbocycles. The molecular formula is C32H26N2. The Balaban J connectivity index is 1.44. The first-order valence-electron chi connectivity index (χ1n) is 11.7. The fourth-order valence-electron chi connectivity index (χ4n) is 5.22. The number of pyridine rings is 1. The molecule has 0 aliphatic heterocycles. The minimum absolute atomic E-state index is 0.0912. The highest BCUT2D eigenvalue weighted by Crippen LogP contribution is 2.52. The van der Waals surface area contributed by atoms with Crippen molar-refractivity contribution < 1.29 is 0 Å². The van der Waals surface area contributed by atoms with Gasteiger partial charge in [0.05, 0.1) is 5.69 Å². The smallest absolute Gasteiger partial charge is 0.0708 e. The lowest BCUT2D eigenvalue weighted by atomic mass is 9.82. The van der Waals surface area contributed by atoms with Crippen LogP contribution in [0.25, 0.3) is 33.5 Å². The molecule has 1 heterocycles. The topological polar surface area (TPSA) is 24.9 Å². The van der Waals surface area contributed by atoms with E-state index in [0.29, 0.717) is 0 Å². The lowest BCUT2D eigenvalue weighted by Gasteiger charge is -2.22. The molecular weight excluding hydrogens is 412 g/mol. The summed E-state index contributed by atoms with van der Waals surface area (Å²) in [6.07, 6.45) is 1.87. The third-order valence-electron chi connectivity index (χ3n) is 6.93. The predicted molar refractivity (Wildman–Crippen MR) is 142 cm³/mol. The van der Waals surface area contributed by atoms with E-state index >= 15 is 0 Å². The fraction of sp³-hybridized carbons (Fsp3) is 0.0938. The van der Waals surface area contributed by atoms with Crippen LogP contribution in [0.5, 0.6) is 0 Å². The summed E-state index contributed by atoms with van der Waals surface area (Å²) in [4.78, 5) is 4.65. The van der Waals surface area contributed by atoms with Gasteiger partial charge in [0.1, 0.15) is 0 Å². The fourth-order valence-corrected chi connectivity index (χ4v) is 5.22. The zero-order chi connectivity index (χ0) is 23.1. The van der Waals surface area contributed by atoms with Crippen molar-refractivity contribution in [3.05, 3.63) is 127 Å². The number of para-hydroxylation sites is 1. The Labute approximate surface area is 201 Å². The molecule has 0 spiro atoms. The van der Waals surface area contributed by atoms with Crippen LogP contribution in [0.3, 0.4) is 0 Å². The Hall–Kier alpha value is -4.17. The second-order valence-corrected chi connectivity index (χ2v) is 9.37. The van der Waals surface area contributed by atoms with Gasteiger partial charge in [0.15, 0.2) is 0 Å². The van der Waals surface area contributed by atoms with Crippen LogP contribution in [0, 0.1) is 0 Å². The van der Waals surface area contributed by atoms with Crippen LogP contribution in [-0.2, 0) is 5.41 Å². The van der Waals surface area contributed by atoms with Gasteiger partial charge in [-0.15, -0.1) is 0 Å². The molecule has 0 amide bonds. The third kappa shape index (κ3) is 3.31. The highest BCUT2D eigenvalue weighted by atomic mass is 14.9. The molecule has 4 aromatic carbocycles. The number of nitrogens with zero attached hydrogens (tertiary/aromatic N) is 1. The van der Waals surface area contributed by atoms with E-state index < -0.39 is 0 Å². The summed E-state index contributed by atoms with van der Waals surface area (Å²) in [6.45, 7) is 4.64. The zero-order valence-corrected chi connectivity index (χ0v) is 19.4. The van der Waals surface area contributed by atoms with E-state index in [2.05, 4.69) is 127 Å². The SMILES string of the molecule is CC1(C)c2cc(Nc3ccccc3-c3ccccc3)ccc2-c2c(-c3ccccn3)cccc21. The molecule has 1 N–H and O–H groups in total. The number of aromatic nitrogens is 1. The first-order valence-corrected chi connectivity index (χ1v) is 11.7. The van der Waals surface area contributed by atoms with Crippen molar-refractivity contribution in [1.82, 2.24) is 4.98 Å². The summed E-state index contributed by atoms with van der Waals surface area (Å²) in [5.74, 6) is 0. The van der Waals surface area contributed by atoms with E-state index in [9.17, 15) is 0 Å². The van der Waals surface area contributed by atoms with Gasteiger partial charge in [-0.1, -0.05) is 92.7 Å². The van der Waals surface area contributed by atoms with Gasteiger partial charge in [0.25, 0.3) is 0 Å². The lowest BCUT2D eigenvalue weighted by molar-refractivity contribution is 0.661. The summed E-state index contributed by atoms with van der Waals surface area (Å²) < 4.78 is 0. The Kier molecular flexibility index (Phi) is 4.81. The summed E-state index contributed by atoms with van der Waals surface area (Å²) in [7, 11) is 0. The number of anilines is 2. The average Bonchev–Trinajstić information content (AvgIpc) is 3.12. The van der Waals surface area contributed by atoms with Gasteiger partial charge in [-0.3, -0.25) is 4.98 Å². The maximum absolute atomic E-state index is 4.65. The van der Waals surface area contributed by atoms with E-state index in [1.165, 1.54) is 38.9 Å². The minimum Gasteiger partial charge on any atom is -0.355 e. The summed E-state index contributed by atoms with van der Waals surface area (Å²) in [5.41, 5.74) is 12.0. The van der Waals surface area contributed by atoms with Crippen LogP contribution >= 0.6 is 0 Å². The van der Waals surface area contributed by atoms with E-state index in [4.69, 9.17) is 0 Å². The van der Waals surface area contributed by atoms with E-state index in [1.807, 2.05) is 12.3 Å². The number of hydrogen-bond acceptors (Lipinski definition) is 2. The van der Waals surface area contributed by atoms with Crippen molar-refractivity contribution in [3.8, 4) is 33.5 Å². The average molecular weight is 439 g/mol. The van der Waals surface area contributed by atoms with Gasteiger partial charge in [-0.2, -0.15) is 0 Å². The van der Waals surface area contributed by atoms with Crippen LogP contribution in [0.15, 0.2) is 115 Å². The Morgan fingerprint density at radius 3 is 2.21 bits per heavy atom. The number of rotatable bonds is 4. The quantitative estimate of drug-likeness (QED) is 0.304. The van der Waals surface area contributed by atoms with Crippen LogP contribution in [0.2, 0.25) is 0 Å². The Bertz CT molecular complexity index is 1480. The number of benzene rings is 4. The van der Waals surface area contributed by atoms with Crippen LogP contribution in [-0.4, -0.2) is 4.98 Å². The second-order valence-electron chi connectivity index (χ2n) is 9.37. The largest absolute Gasteiger partial charge is 0.355 e. The predicted octanol–water partition coefficient (Wildman–Crippen LogP) is 8.47. The highest BCUT2D eigenvalue weighted by molar-refractivity contribution is 5.93. The first-order chi connectivity index (χ1) is 16.6.